The molecule has 0 bridgehead atoms. The van der Waals surface area contributed by atoms with Gasteiger partial charge in [0.2, 0.25) is 0 Å². The molecule has 3 N–H and O–H groups in total. The fraction of sp³-hybridized carbons (Fsp3) is 0.417. The smallest absolute Gasteiger partial charge is 0.339 e. The van der Waals surface area contributed by atoms with Crippen LogP contribution in [-0.2, 0) is 14.9 Å². The molecule has 0 fully saturated rings. The average molecular weight is 287 g/mol. The third-order valence-corrected chi connectivity index (χ3v) is 3.56. The van der Waals surface area contributed by atoms with Crippen molar-refractivity contribution in [2.24, 2.45) is 11.7 Å². The first-order valence-electron chi connectivity index (χ1n) is 5.72. The lowest BCUT2D eigenvalue weighted by atomic mass is 10.1. The lowest BCUT2D eigenvalue weighted by molar-refractivity contribution is 0.0458. The van der Waals surface area contributed by atoms with E-state index < -0.39 is 21.0 Å². The molecule has 0 unspecified atom stereocenters. The second-order valence-electron chi connectivity index (χ2n) is 4.48. The van der Waals surface area contributed by atoms with E-state index >= 15 is 0 Å². The fourth-order valence-corrected chi connectivity index (χ4v) is 1.98. The Hall–Kier alpha value is -1.44. The highest BCUT2D eigenvalue weighted by molar-refractivity contribution is 7.86. The molecule has 0 radical (unpaired) electrons. The van der Waals surface area contributed by atoms with Gasteiger partial charge in [-0.2, -0.15) is 8.42 Å². The quantitative estimate of drug-likeness (QED) is 0.619. The molecule has 1 aromatic carbocycles. The highest BCUT2D eigenvalue weighted by atomic mass is 32.2. The molecular formula is C12H17NO5S. The number of carbonyl (C=O) groups excluding carboxylic acids is 1. The van der Waals surface area contributed by atoms with Crippen LogP contribution in [0.25, 0.3) is 0 Å². The lowest BCUT2D eigenvalue weighted by Gasteiger charge is -2.15. The van der Waals surface area contributed by atoms with E-state index in [4.69, 9.17) is 15.0 Å². The summed E-state index contributed by atoms with van der Waals surface area (Å²) in [5, 5.41) is 0. The van der Waals surface area contributed by atoms with Gasteiger partial charge in [-0.1, -0.05) is 26.0 Å². The molecule has 0 aromatic heterocycles. The third kappa shape index (κ3) is 4.30. The molecule has 0 saturated carbocycles. The Bertz CT molecular complexity index is 553. The van der Waals surface area contributed by atoms with Gasteiger partial charge in [-0.3, -0.25) is 4.55 Å². The van der Waals surface area contributed by atoms with E-state index in [2.05, 4.69) is 0 Å². The summed E-state index contributed by atoms with van der Waals surface area (Å²) in [6.07, 6.45) is 0. The summed E-state index contributed by atoms with van der Waals surface area (Å²) in [4.78, 5) is 11.3. The van der Waals surface area contributed by atoms with E-state index in [1.807, 2.05) is 13.8 Å². The van der Waals surface area contributed by atoms with Crippen molar-refractivity contribution in [2.75, 3.05) is 6.61 Å². The molecule has 0 saturated heterocycles. The summed E-state index contributed by atoms with van der Waals surface area (Å²) < 4.78 is 36.2. The predicted octanol–water partition coefficient (Wildman–Crippen LogP) is 1.07. The van der Waals surface area contributed by atoms with Gasteiger partial charge in [-0.05, 0) is 18.1 Å². The van der Waals surface area contributed by atoms with Crippen molar-refractivity contribution in [1.29, 1.82) is 0 Å². The van der Waals surface area contributed by atoms with Gasteiger partial charge in [0, 0.05) is 6.04 Å². The standard InChI is InChI=1S/C12H17NO5S/c1-8(2)10(13)7-18-12(14)9-5-3-4-6-11(9)19(15,16)17/h3-6,8,10H,7,13H2,1-2H3,(H,15,16,17)/t10-/m1/s1. The first kappa shape index (κ1) is 15.6. The molecule has 0 heterocycles. The van der Waals surface area contributed by atoms with Crippen molar-refractivity contribution in [1.82, 2.24) is 0 Å². The minimum atomic E-state index is -4.47. The van der Waals surface area contributed by atoms with Gasteiger partial charge in [-0.15, -0.1) is 0 Å². The third-order valence-electron chi connectivity index (χ3n) is 2.65. The molecule has 19 heavy (non-hydrogen) atoms. The zero-order valence-electron chi connectivity index (χ0n) is 10.7. The maximum Gasteiger partial charge on any atom is 0.339 e. The van der Waals surface area contributed by atoms with Crippen molar-refractivity contribution < 1.29 is 22.5 Å². The van der Waals surface area contributed by atoms with Crippen LogP contribution in [0.3, 0.4) is 0 Å². The molecular weight excluding hydrogens is 270 g/mol. The van der Waals surface area contributed by atoms with Gasteiger partial charge in [-0.25, -0.2) is 4.79 Å². The minimum Gasteiger partial charge on any atom is -0.460 e. The lowest BCUT2D eigenvalue weighted by Crippen LogP contribution is -2.32. The zero-order chi connectivity index (χ0) is 14.6. The van der Waals surface area contributed by atoms with Gasteiger partial charge in [0.05, 0.1) is 5.56 Å². The van der Waals surface area contributed by atoms with Crippen molar-refractivity contribution in [2.45, 2.75) is 24.8 Å². The SMILES string of the molecule is CC(C)[C@H](N)COC(=O)c1ccccc1S(=O)(=O)O. The number of rotatable bonds is 5. The molecule has 6 nitrogen and oxygen atoms in total. The number of ether oxygens (including phenoxy) is 1. The van der Waals surface area contributed by atoms with Crippen molar-refractivity contribution in [3.05, 3.63) is 29.8 Å². The molecule has 106 valence electrons. The van der Waals surface area contributed by atoms with Crippen LogP contribution < -0.4 is 5.73 Å². The van der Waals surface area contributed by atoms with Gasteiger partial charge in [0.25, 0.3) is 10.1 Å². The summed E-state index contributed by atoms with van der Waals surface area (Å²) in [6, 6.07) is 4.95. The van der Waals surface area contributed by atoms with Crippen LogP contribution in [0.1, 0.15) is 24.2 Å². The molecule has 0 aliphatic heterocycles. The second kappa shape index (κ2) is 6.14. The Balaban J connectivity index is 2.90. The van der Waals surface area contributed by atoms with Crippen LogP contribution in [0.5, 0.6) is 0 Å². The predicted molar refractivity (Wildman–Crippen MR) is 69.4 cm³/mol. The average Bonchev–Trinajstić information content (AvgIpc) is 2.34. The molecule has 1 atom stereocenters. The maximum absolute atomic E-state index is 11.8. The number of carbonyl (C=O) groups is 1. The normalized spacial score (nSPS) is 13.3. The number of benzene rings is 1. The maximum atomic E-state index is 11.8. The first-order valence-corrected chi connectivity index (χ1v) is 7.16. The van der Waals surface area contributed by atoms with E-state index in [-0.39, 0.29) is 24.1 Å². The molecule has 0 aliphatic carbocycles. The Morgan fingerprint density at radius 3 is 2.47 bits per heavy atom. The minimum absolute atomic E-state index is 0.0175. The molecule has 0 aliphatic rings. The van der Waals surface area contributed by atoms with Gasteiger partial charge < -0.3 is 10.5 Å². The summed E-state index contributed by atoms with van der Waals surface area (Å²) in [5.41, 5.74) is 5.51. The summed E-state index contributed by atoms with van der Waals surface area (Å²) >= 11 is 0. The van der Waals surface area contributed by atoms with E-state index in [1.54, 1.807) is 0 Å². The summed E-state index contributed by atoms with van der Waals surface area (Å²) in [7, 11) is -4.47. The topological polar surface area (TPSA) is 107 Å². The highest BCUT2D eigenvalue weighted by Crippen LogP contribution is 2.16. The van der Waals surface area contributed by atoms with E-state index in [0.717, 1.165) is 6.07 Å². The second-order valence-corrected chi connectivity index (χ2v) is 5.87. The van der Waals surface area contributed by atoms with Crippen molar-refractivity contribution >= 4 is 16.1 Å². The van der Waals surface area contributed by atoms with Crippen LogP contribution in [-0.4, -0.2) is 31.6 Å². The summed E-state index contributed by atoms with van der Waals surface area (Å²) in [5.74, 6) is -0.700. The Kier molecular flexibility index (Phi) is 5.04. The van der Waals surface area contributed by atoms with Crippen LogP contribution in [0.2, 0.25) is 0 Å². The first-order chi connectivity index (χ1) is 8.73. The molecule has 1 rings (SSSR count). The molecule has 1 aromatic rings. The van der Waals surface area contributed by atoms with E-state index in [1.165, 1.54) is 18.2 Å². The Morgan fingerprint density at radius 1 is 1.37 bits per heavy atom. The fourth-order valence-electron chi connectivity index (χ4n) is 1.30. The number of nitrogens with two attached hydrogens (primary N) is 1. The number of hydrogen-bond acceptors (Lipinski definition) is 5. The largest absolute Gasteiger partial charge is 0.460 e. The molecule has 7 heteroatoms. The molecule has 0 spiro atoms. The summed E-state index contributed by atoms with van der Waals surface area (Å²) in [6.45, 7) is 3.74. The number of esters is 1. The molecule has 0 amide bonds. The van der Waals surface area contributed by atoms with Gasteiger partial charge >= 0.3 is 5.97 Å². The number of hydrogen-bond donors (Lipinski definition) is 2. The van der Waals surface area contributed by atoms with E-state index in [0.29, 0.717) is 0 Å². The zero-order valence-corrected chi connectivity index (χ0v) is 11.6. The van der Waals surface area contributed by atoms with Crippen LogP contribution >= 0.6 is 0 Å². The van der Waals surface area contributed by atoms with E-state index in [9.17, 15) is 13.2 Å². The van der Waals surface area contributed by atoms with Gasteiger partial charge in [0.15, 0.2) is 0 Å². The highest BCUT2D eigenvalue weighted by Gasteiger charge is 2.21. The van der Waals surface area contributed by atoms with Crippen molar-refractivity contribution in [3.63, 3.8) is 0 Å². The Morgan fingerprint density at radius 2 is 1.95 bits per heavy atom. The van der Waals surface area contributed by atoms with Crippen molar-refractivity contribution in [3.8, 4) is 0 Å². The van der Waals surface area contributed by atoms with Gasteiger partial charge in [0.1, 0.15) is 11.5 Å². The Labute approximate surface area is 112 Å². The van der Waals surface area contributed by atoms with Crippen LogP contribution in [0.4, 0.5) is 0 Å². The monoisotopic (exact) mass is 287 g/mol. The van der Waals surface area contributed by atoms with Crippen LogP contribution in [0, 0.1) is 5.92 Å². The van der Waals surface area contributed by atoms with Crippen LogP contribution in [0.15, 0.2) is 29.2 Å².